The van der Waals surface area contributed by atoms with Gasteiger partial charge in [-0.05, 0) is 43.3 Å². The van der Waals surface area contributed by atoms with E-state index in [9.17, 15) is 0 Å². The third kappa shape index (κ3) is 2.56. The van der Waals surface area contributed by atoms with Crippen molar-refractivity contribution in [2.45, 2.75) is 6.92 Å². The minimum atomic E-state index is 0.432. The van der Waals surface area contributed by atoms with Gasteiger partial charge in [-0.3, -0.25) is 0 Å². The van der Waals surface area contributed by atoms with Crippen LogP contribution in [-0.2, 0) is 0 Å². The van der Waals surface area contributed by atoms with E-state index in [1.165, 1.54) is 0 Å². The number of halogens is 1. The van der Waals surface area contributed by atoms with Crippen molar-refractivity contribution in [3.8, 4) is 23.0 Å². The molecule has 0 fully saturated rings. The number of pyridine rings is 1. The molecule has 0 N–H and O–H groups in total. The molecule has 0 aliphatic rings. The predicted molar refractivity (Wildman–Crippen MR) is 75.4 cm³/mol. The van der Waals surface area contributed by atoms with Crippen LogP contribution in [0.15, 0.2) is 51.4 Å². The molecule has 0 spiro atoms. The summed E-state index contributed by atoms with van der Waals surface area (Å²) in [5.41, 5.74) is 2.49. The average Bonchev–Trinajstić information content (AvgIpc) is 2.89. The zero-order valence-corrected chi connectivity index (χ0v) is 11.8. The van der Waals surface area contributed by atoms with Gasteiger partial charge in [0.1, 0.15) is 5.69 Å². The van der Waals surface area contributed by atoms with E-state index in [4.69, 9.17) is 4.42 Å². The van der Waals surface area contributed by atoms with Gasteiger partial charge in [0, 0.05) is 15.7 Å². The molecular weight excluding hydrogens is 306 g/mol. The molecule has 0 unspecified atom stereocenters. The van der Waals surface area contributed by atoms with Gasteiger partial charge in [-0.15, -0.1) is 10.2 Å². The fraction of sp³-hybridized carbons (Fsp3) is 0.0714. The molecule has 19 heavy (non-hydrogen) atoms. The minimum absolute atomic E-state index is 0.432. The third-order valence-electron chi connectivity index (χ3n) is 2.62. The maximum atomic E-state index is 5.65. The normalized spacial score (nSPS) is 10.6. The van der Waals surface area contributed by atoms with E-state index in [1.54, 1.807) is 0 Å². The summed E-state index contributed by atoms with van der Waals surface area (Å²) in [6.07, 6.45) is 0. The van der Waals surface area contributed by atoms with Crippen molar-refractivity contribution < 1.29 is 4.42 Å². The second kappa shape index (κ2) is 4.93. The highest BCUT2D eigenvalue weighted by Gasteiger charge is 2.11. The van der Waals surface area contributed by atoms with Crippen LogP contribution < -0.4 is 0 Å². The largest absolute Gasteiger partial charge is 0.415 e. The topological polar surface area (TPSA) is 51.8 Å². The van der Waals surface area contributed by atoms with E-state index in [-0.39, 0.29) is 0 Å². The van der Waals surface area contributed by atoms with Crippen LogP contribution in [0.25, 0.3) is 23.0 Å². The van der Waals surface area contributed by atoms with Crippen LogP contribution in [0.1, 0.15) is 5.69 Å². The molecule has 0 saturated heterocycles. The van der Waals surface area contributed by atoms with Crippen molar-refractivity contribution in [3.05, 3.63) is 52.6 Å². The Morgan fingerprint density at radius 1 is 0.947 bits per heavy atom. The first-order chi connectivity index (χ1) is 9.22. The van der Waals surface area contributed by atoms with E-state index in [0.29, 0.717) is 17.5 Å². The average molecular weight is 316 g/mol. The Morgan fingerprint density at radius 3 is 2.42 bits per heavy atom. The summed E-state index contributed by atoms with van der Waals surface area (Å²) in [6.45, 7) is 1.93. The summed E-state index contributed by atoms with van der Waals surface area (Å²) in [5, 5.41) is 8.09. The molecule has 5 heteroatoms. The van der Waals surface area contributed by atoms with Gasteiger partial charge in [0.15, 0.2) is 0 Å². The van der Waals surface area contributed by atoms with Crippen LogP contribution in [-0.4, -0.2) is 15.2 Å². The zero-order valence-electron chi connectivity index (χ0n) is 10.2. The summed E-state index contributed by atoms with van der Waals surface area (Å²) < 4.78 is 6.66. The number of hydrogen-bond donors (Lipinski definition) is 0. The lowest BCUT2D eigenvalue weighted by molar-refractivity contribution is 0.582. The lowest BCUT2D eigenvalue weighted by atomic mass is 10.2. The highest BCUT2D eigenvalue weighted by Crippen LogP contribution is 2.24. The summed E-state index contributed by atoms with van der Waals surface area (Å²) in [4.78, 5) is 4.36. The molecule has 94 valence electrons. The second-order valence-electron chi connectivity index (χ2n) is 4.08. The molecule has 2 heterocycles. The van der Waals surface area contributed by atoms with Crippen molar-refractivity contribution in [1.29, 1.82) is 0 Å². The number of benzene rings is 1. The van der Waals surface area contributed by atoms with Crippen LogP contribution in [0.4, 0.5) is 0 Å². The summed E-state index contributed by atoms with van der Waals surface area (Å²) >= 11 is 3.39. The van der Waals surface area contributed by atoms with Crippen molar-refractivity contribution in [1.82, 2.24) is 15.2 Å². The van der Waals surface area contributed by atoms with Gasteiger partial charge < -0.3 is 4.42 Å². The van der Waals surface area contributed by atoms with Crippen molar-refractivity contribution in [3.63, 3.8) is 0 Å². The van der Waals surface area contributed by atoms with E-state index < -0.39 is 0 Å². The molecule has 0 bridgehead atoms. The number of aromatic nitrogens is 3. The smallest absolute Gasteiger partial charge is 0.266 e. The summed E-state index contributed by atoms with van der Waals surface area (Å²) in [7, 11) is 0. The van der Waals surface area contributed by atoms with Gasteiger partial charge in [0.05, 0.1) is 0 Å². The van der Waals surface area contributed by atoms with Crippen molar-refractivity contribution in [2.75, 3.05) is 0 Å². The van der Waals surface area contributed by atoms with Crippen molar-refractivity contribution >= 4 is 15.9 Å². The maximum Gasteiger partial charge on any atom is 0.266 e. The lowest BCUT2D eigenvalue weighted by Crippen LogP contribution is -1.85. The third-order valence-corrected chi connectivity index (χ3v) is 3.15. The van der Waals surface area contributed by atoms with Gasteiger partial charge in [0.25, 0.3) is 5.89 Å². The van der Waals surface area contributed by atoms with Crippen LogP contribution in [0.3, 0.4) is 0 Å². The Morgan fingerprint density at radius 2 is 1.68 bits per heavy atom. The van der Waals surface area contributed by atoms with Crippen LogP contribution in [0.5, 0.6) is 0 Å². The number of hydrogen-bond acceptors (Lipinski definition) is 4. The van der Waals surface area contributed by atoms with Crippen molar-refractivity contribution in [2.24, 2.45) is 0 Å². The lowest BCUT2D eigenvalue weighted by Gasteiger charge is -1.96. The van der Waals surface area contributed by atoms with Gasteiger partial charge >= 0.3 is 0 Å². The fourth-order valence-electron chi connectivity index (χ4n) is 1.70. The van der Waals surface area contributed by atoms with Gasteiger partial charge in [-0.2, -0.15) is 0 Å². The second-order valence-corrected chi connectivity index (χ2v) is 5.00. The van der Waals surface area contributed by atoms with Crippen LogP contribution in [0.2, 0.25) is 0 Å². The first-order valence-corrected chi connectivity index (χ1v) is 6.55. The molecule has 3 aromatic rings. The first kappa shape index (κ1) is 12.0. The first-order valence-electron chi connectivity index (χ1n) is 5.76. The highest BCUT2D eigenvalue weighted by molar-refractivity contribution is 9.10. The molecule has 0 saturated carbocycles. The highest BCUT2D eigenvalue weighted by atomic mass is 79.9. The molecular formula is C14H10BrN3O. The fourth-order valence-corrected chi connectivity index (χ4v) is 1.96. The van der Waals surface area contributed by atoms with Crippen LogP contribution >= 0.6 is 15.9 Å². The Kier molecular flexibility index (Phi) is 3.13. The van der Waals surface area contributed by atoms with Gasteiger partial charge in [0.2, 0.25) is 5.89 Å². The molecule has 4 nitrogen and oxygen atoms in total. The van der Waals surface area contributed by atoms with E-state index >= 15 is 0 Å². The van der Waals surface area contributed by atoms with Gasteiger partial charge in [-0.25, -0.2) is 4.98 Å². The molecule has 0 aliphatic heterocycles. The number of aryl methyl sites for hydroxylation is 1. The quantitative estimate of drug-likeness (QED) is 0.720. The van der Waals surface area contributed by atoms with E-state index in [2.05, 4.69) is 31.1 Å². The Bertz CT molecular complexity index is 707. The molecule has 3 rings (SSSR count). The van der Waals surface area contributed by atoms with E-state index in [1.807, 2.05) is 49.4 Å². The monoisotopic (exact) mass is 315 g/mol. The number of nitrogens with zero attached hydrogens (tertiary/aromatic N) is 3. The summed E-state index contributed by atoms with van der Waals surface area (Å²) in [5.74, 6) is 0.924. The van der Waals surface area contributed by atoms with Crippen LogP contribution in [0, 0.1) is 6.92 Å². The van der Waals surface area contributed by atoms with Gasteiger partial charge in [-0.1, -0.05) is 22.0 Å². The molecule has 0 aliphatic carbocycles. The Balaban J connectivity index is 1.97. The maximum absolute atomic E-state index is 5.65. The number of rotatable bonds is 2. The summed E-state index contributed by atoms with van der Waals surface area (Å²) in [6, 6.07) is 13.4. The standard InChI is InChI=1S/C14H10BrN3O/c1-9-3-2-4-12(16-9)14-18-17-13(19-14)10-5-7-11(15)8-6-10/h2-8H,1H3. The Labute approximate surface area is 118 Å². The van der Waals surface area contributed by atoms with E-state index in [0.717, 1.165) is 15.7 Å². The molecule has 0 radical (unpaired) electrons. The molecule has 1 aromatic carbocycles. The zero-order chi connectivity index (χ0) is 13.2. The minimum Gasteiger partial charge on any atom is -0.415 e. The predicted octanol–water partition coefficient (Wildman–Crippen LogP) is 3.87. The molecule has 2 aromatic heterocycles. The Hall–Kier alpha value is -2.01. The molecule has 0 atom stereocenters. The SMILES string of the molecule is Cc1cccc(-c2nnc(-c3ccc(Br)cc3)o2)n1. The molecule has 0 amide bonds.